The summed E-state index contributed by atoms with van der Waals surface area (Å²) in [5.74, 6) is -0.263. The number of fused-ring (bicyclic) bond motifs is 1. The van der Waals surface area contributed by atoms with Crippen LogP contribution in [0.1, 0.15) is 36.0 Å². The van der Waals surface area contributed by atoms with Gasteiger partial charge in [-0.2, -0.15) is 17.5 Å². The Hall–Kier alpha value is -2.39. The normalized spacial score (nSPS) is 20.2. The van der Waals surface area contributed by atoms with Crippen LogP contribution in [0.2, 0.25) is 0 Å². The molecule has 0 N–H and O–H groups in total. The number of alkyl halides is 3. The molecular weight excluding hydrogens is 417 g/mol. The minimum Gasteiger partial charge on any atom is -0.333 e. The molecule has 2 aromatic rings. The summed E-state index contributed by atoms with van der Waals surface area (Å²) in [6.07, 6.45) is -2.83. The Morgan fingerprint density at radius 1 is 0.933 bits per heavy atom. The van der Waals surface area contributed by atoms with Gasteiger partial charge in [-0.05, 0) is 48.2 Å². The van der Waals surface area contributed by atoms with E-state index in [-0.39, 0.29) is 17.3 Å². The van der Waals surface area contributed by atoms with Crippen LogP contribution in [-0.4, -0.2) is 36.1 Å². The van der Waals surface area contributed by atoms with Gasteiger partial charge in [0, 0.05) is 19.6 Å². The lowest BCUT2D eigenvalue weighted by Gasteiger charge is -2.35. The van der Waals surface area contributed by atoms with Crippen molar-refractivity contribution < 1.29 is 26.4 Å². The second-order valence-electron chi connectivity index (χ2n) is 7.61. The van der Waals surface area contributed by atoms with E-state index in [0.29, 0.717) is 25.9 Å². The summed E-state index contributed by atoms with van der Waals surface area (Å²) in [6, 6.07) is 10.3. The van der Waals surface area contributed by atoms with Gasteiger partial charge >= 0.3 is 6.18 Å². The molecule has 2 aliphatic rings. The lowest BCUT2D eigenvalue weighted by atomic mass is 10.0. The number of carbonyl (C=O) groups excluding carboxylic acids is 1. The Balaban J connectivity index is 1.58. The monoisotopic (exact) mass is 438 g/mol. The highest BCUT2D eigenvalue weighted by Gasteiger charge is 2.41. The number of hydrogen-bond acceptors (Lipinski definition) is 3. The van der Waals surface area contributed by atoms with Crippen molar-refractivity contribution in [1.29, 1.82) is 0 Å². The van der Waals surface area contributed by atoms with Crippen molar-refractivity contribution >= 4 is 15.9 Å². The number of hydrogen-bond donors (Lipinski definition) is 0. The van der Waals surface area contributed by atoms with E-state index in [1.165, 1.54) is 0 Å². The number of nitrogens with zero attached hydrogens (tertiary/aromatic N) is 2. The van der Waals surface area contributed by atoms with Crippen molar-refractivity contribution in [3.63, 3.8) is 0 Å². The molecule has 1 atom stereocenters. The molecule has 0 aliphatic carbocycles. The van der Waals surface area contributed by atoms with E-state index in [0.717, 1.165) is 46.1 Å². The number of rotatable bonds is 3. The zero-order valence-electron chi connectivity index (χ0n) is 16.1. The van der Waals surface area contributed by atoms with Gasteiger partial charge in [0.25, 0.3) is 0 Å². The highest BCUT2D eigenvalue weighted by molar-refractivity contribution is 7.89. The van der Waals surface area contributed by atoms with Crippen molar-refractivity contribution in [2.45, 2.75) is 49.5 Å². The maximum atomic E-state index is 13.2. The zero-order valence-corrected chi connectivity index (χ0v) is 16.9. The molecular formula is C21H21F3N2O3S. The van der Waals surface area contributed by atoms with Crippen LogP contribution in [0.5, 0.6) is 0 Å². The molecule has 5 nitrogen and oxygen atoms in total. The van der Waals surface area contributed by atoms with Gasteiger partial charge in [-0.15, -0.1) is 0 Å². The van der Waals surface area contributed by atoms with Gasteiger partial charge in [0.15, 0.2) is 0 Å². The quantitative estimate of drug-likeness (QED) is 0.733. The summed E-state index contributed by atoms with van der Waals surface area (Å²) in [5.41, 5.74) is 1.17. The van der Waals surface area contributed by atoms with E-state index >= 15 is 0 Å². The summed E-state index contributed by atoms with van der Waals surface area (Å²) in [7, 11) is -4.10. The predicted molar refractivity (Wildman–Crippen MR) is 104 cm³/mol. The van der Waals surface area contributed by atoms with Crippen molar-refractivity contribution in [2.24, 2.45) is 0 Å². The molecule has 0 spiro atoms. The van der Waals surface area contributed by atoms with E-state index in [2.05, 4.69) is 0 Å². The number of piperidine rings is 1. The van der Waals surface area contributed by atoms with E-state index in [9.17, 15) is 26.4 Å². The lowest BCUT2D eigenvalue weighted by Crippen LogP contribution is -2.51. The van der Waals surface area contributed by atoms with E-state index in [4.69, 9.17) is 0 Å². The Morgan fingerprint density at radius 2 is 1.53 bits per heavy atom. The van der Waals surface area contributed by atoms with Crippen molar-refractivity contribution in [3.8, 4) is 0 Å². The molecule has 1 unspecified atom stereocenters. The van der Waals surface area contributed by atoms with Gasteiger partial charge in [-0.3, -0.25) is 4.79 Å². The molecule has 160 valence electrons. The van der Waals surface area contributed by atoms with Crippen LogP contribution in [0.4, 0.5) is 13.2 Å². The standard InChI is InChI=1S/C21H21F3N2O3S/c22-21(23,24)17-8-10-18(11-9-17)30(28,29)26-12-4-3-7-19(26)20(27)25-13-15-5-1-2-6-16(15)14-25/h1-2,5-6,8-11,19H,3-4,7,12-14H2. The maximum Gasteiger partial charge on any atom is 0.416 e. The fourth-order valence-electron chi connectivity index (χ4n) is 4.09. The molecule has 1 amide bonds. The molecule has 1 fully saturated rings. The van der Waals surface area contributed by atoms with Crippen molar-refractivity contribution in [1.82, 2.24) is 9.21 Å². The Bertz CT molecular complexity index is 1030. The second-order valence-corrected chi connectivity index (χ2v) is 9.50. The summed E-state index contributed by atoms with van der Waals surface area (Å²) in [4.78, 5) is 14.6. The highest BCUT2D eigenvalue weighted by atomic mass is 32.2. The molecule has 30 heavy (non-hydrogen) atoms. The smallest absolute Gasteiger partial charge is 0.333 e. The van der Waals surface area contributed by atoms with Gasteiger partial charge in [-0.25, -0.2) is 8.42 Å². The molecule has 0 saturated carbocycles. The first kappa shape index (κ1) is 20.9. The molecule has 0 aromatic heterocycles. The molecule has 0 bridgehead atoms. The fourth-order valence-corrected chi connectivity index (χ4v) is 5.74. The van der Waals surface area contributed by atoms with Crippen LogP contribution in [0.15, 0.2) is 53.4 Å². The van der Waals surface area contributed by atoms with Gasteiger partial charge in [0.05, 0.1) is 10.5 Å². The summed E-state index contributed by atoms with van der Waals surface area (Å²) >= 11 is 0. The highest BCUT2D eigenvalue weighted by Crippen LogP contribution is 2.32. The molecule has 0 radical (unpaired) electrons. The number of halogens is 3. The largest absolute Gasteiger partial charge is 0.416 e. The van der Waals surface area contributed by atoms with Gasteiger partial charge in [0.2, 0.25) is 15.9 Å². The van der Waals surface area contributed by atoms with Crippen LogP contribution in [0, 0.1) is 0 Å². The van der Waals surface area contributed by atoms with Crippen LogP contribution < -0.4 is 0 Å². The van der Waals surface area contributed by atoms with Crippen molar-refractivity contribution in [2.75, 3.05) is 6.54 Å². The molecule has 4 rings (SSSR count). The van der Waals surface area contributed by atoms with Gasteiger partial charge in [-0.1, -0.05) is 30.7 Å². The van der Waals surface area contributed by atoms with E-state index < -0.39 is 27.8 Å². The average Bonchev–Trinajstić information content (AvgIpc) is 3.17. The first-order chi connectivity index (χ1) is 14.2. The third-order valence-electron chi connectivity index (χ3n) is 5.68. The fraction of sp³-hybridized carbons (Fsp3) is 0.381. The Labute approximate surface area is 173 Å². The third-order valence-corrected chi connectivity index (χ3v) is 7.60. The van der Waals surface area contributed by atoms with Crippen LogP contribution in [0.25, 0.3) is 0 Å². The van der Waals surface area contributed by atoms with Crippen LogP contribution in [-0.2, 0) is 34.1 Å². The average molecular weight is 438 g/mol. The molecule has 2 aliphatic heterocycles. The first-order valence-corrected chi connectivity index (χ1v) is 11.2. The topological polar surface area (TPSA) is 57.7 Å². The Morgan fingerprint density at radius 3 is 2.10 bits per heavy atom. The number of sulfonamides is 1. The number of benzene rings is 2. The first-order valence-electron chi connectivity index (χ1n) is 9.72. The summed E-state index contributed by atoms with van der Waals surface area (Å²) in [5, 5.41) is 0. The van der Waals surface area contributed by atoms with E-state index in [1.54, 1.807) is 4.90 Å². The number of amides is 1. The SMILES string of the molecule is O=C(C1CCCCN1S(=O)(=O)c1ccc(C(F)(F)F)cc1)N1Cc2ccccc2C1. The van der Waals surface area contributed by atoms with Crippen LogP contribution in [0.3, 0.4) is 0 Å². The minimum absolute atomic E-state index is 0.167. The molecule has 2 aromatic carbocycles. The third kappa shape index (κ3) is 3.83. The molecule has 9 heteroatoms. The maximum absolute atomic E-state index is 13.2. The predicted octanol–water partition coefficient (Wildman–Crippen LogP) is 3.79. The summed E-state index contributed by atoms with van der Waals surface area (Å²) < 4.78 is 65.9. The molecule has 1 saturated heterocycles. The summed E-state index contributed by atoms with van der Waals surface area (Å²) in [6.45, 7) is 1.03. The van der Waals surface area contributed by atoms with Gasteiger partial charge in [0.1, 0.15) is 6.04 Å². The van der Waals surface area contributed by atoms with Crippen LogP contribution >= 0.6 is 0 Å². The van der Waals surface area contributed by atoms with E-state index in [1.807, 2.05) is 24.3 Å². The lowest BCUT2D eigenvalue weighted by molar-refractivity contribution is -0.138. The van der Waals surface area contributed by atoms with Gasteiger partial charge < -0.3 is 4.90 Å². The van der Waals surface area contributed by atoms with Crippen molar-refractivity contribution in [3.05, 3.63) is 65.2 Å². The minimum atomic E-state index is -4.54. The zero-order chi connectivity index (χ0) is 21.5. The molecule has 2 heterocycles. The second kappa shape index (κ2) is 7.70. The Kier molecular flexibility index (Phi) is 5.36. The number of carbonyl (C=O) groups is 1.